The van der Waals surface area contributed by atoms with Crippen LogP contribution >= 0.6 is 11.6 Å². The number of rotatable bonds is 2. The van der Waals surface area contributed by atoms with Gasteiger partial charge in [-0.15, -0.1) is 0 Å². The van der Waals surface area contributed by atoms with Crippen molar-refractivity contribution in [3.8, 4) is 5.88 Å². The summed E-state index contributed by atoms with van der Waals surface area (Å²) in [6.07, 6.45) is 1.66. The molecule has 1 saturated heterocycles. The molecule has 2 aromatic rings. The highest BCUT2D eigenvalue weighted by atomic mass is 35.5. The largest absolute Gasteiger partial charge is 0.469 e. The summed E-state index contributed by atoms with van der Waals surface area (Å²) in [4.78, 5) is 7.98. The summed E-state index contributed by atoms with van der Waals surface area (Å²) in [5, 5.41) is 7.44. The number of aromatic amines is 1. The second-order valence-corrected chi connectivity index (χ2v) is 3.55. The van der Waals surface area contributed by atoms with E-state index in [1.54, 1.807) is 6.20 Å². The third-order valence-corrected chi connectivity index (χ3v) is 2.30. The number of nitrogens with one attached hydrogen (secondary N) is 1. The molecule has 0 atom stereocenters. The highest BCUT2D eigenvalue weighted by molar-refractivity contribution is 6.28. The molecule has 7 heteroatoms. The van der Waals surface area contributed by atoms with Crippen LogP contribution < -0.4 is 4.74 Å². The van der Waals surface area contributed by atoms with E-state index < -0.39 is 0 Å². The lowest BCUT2D eigenvalue weighted by atomic mass is 10.3. The fourth-order valence-electron chi connectivity index (χ4n) is 1.31. The van der Waals surface area contributed by atoms with Crippen LogP contribution in [0.2, 0.25) is 5.28 Å². The van der Waals surface area contributed by atoms with Gasteiger partial charge in [-0.05, 0) is 11.6 Å². The van der Waals surface area contributed by atoms with Crippen molar-refractivity contribution in [3.05, 3.63) is 11.5 Å². The van der Waals surface area contributed by atoms with E-state index in [1.807, 2.05) is 0 Å². The smallest absolute Gasteiger partial charge is 0.229 e. The fourth-order valence-corrected chi connectivity index (χ4v) is 1.47. The number of hydrogen-bond donors (Lipinski definition) is 1. The van der Waals surface area contributed by atoms with Crippen molar-refractivity contribution in [2.45, 2.75) is 6.10 Å². The van der Waals surface area contributed by atoms with Crippen molar-refractivity contribution in [2.75, 3.05) is 13.2 Å². The molecule has 0 unspecified atom stereocenters. The highest BCUT2D eigenvalue weighted by Gasteiger charge is 2.22. The molecule has 3 heterocycles. The van der Waals surface area contributed by atoms with Gasteiger partial charge in [0.15, 0.2) is 5.65 Å². The van der Waals surface area contributed by atoms with Gasteiger partial charge in [0.1, 0.15) is 11.5 Å². The molecule has 1 aliphatic rings. The van der Waals surface area contributed by atoms with Gasteiger partial charge in [0.05, 0.1) is 19.4 Å². The topological polar surface area (TPSA) is 72.9 Å². The number of fused-ring (bicyclic) bond motifs is 1. The van der Waals surface area contributed by atoms with Crippen LogP contribution in [0.15, 0.2) is 6.20 Å². The maximum absolute atomic E-state index is 5.74. The summed E-state index contributed by atoms with van der Waals surface area (Å²) >= 11 is 5.74. The second kappa shape index (κ2) is 3.32. The lowest BCUT2D eigenvalue weighted by molar-refractivity contribution is -0.0807. The molecular weight excluding hydrogens is 220 g/mol. The molecule has 0 radical (unpaired) electrons. The number of hydrogen-bond acceptors (Lipinski definition) is 5. The van der Waals surface area contributed by atoms with E-state index in [0.717, 1.165) is 5.39 Å². The molecule has 0 aliphatic carbocycles. The van der Waals surface area contributed by atoms with Gasteiger partial charge < -0.3 is 9.47 Å². The molecule has 1 fully saturated rings. The number of ether oxygens (including phenoxy) is 2. The molecule has 78 valence electrons. The van der Waals surface area contributed by atoms with Gasteiger partial charge in [-0.1, -0.05) is 0 Å². The van der Waals surface area contributed by atoms with Gasteiger partial charge >= 0.3 is 0 Å². The van der Waals surface area contributed by atoms with Gasteiger partial charge in [0.2, 0.25) is 11.2 Å². The molecule has 1 aliphatic heterocycles. The summed E-state index contributed by atoms with van der Waals surface area (Å²) in [6, 6.07) is 0. The number of H-pyrrole nitrogens is 1. The van der Waals surface area contributed by atoms with Gasteiger partial charge in [0, 0.05) is 0 Å². The maximum atomic E-state index is 5.74. The second-order valence-electron chi connectivity index (χ2n) is 3.21. The third kappa shape index (κ3) is 1.51. The van der Waals surface area contributed by atoms with Crippen molar-refractivity contribution < 1.29 is 9.47 Å². The van der Waals surface area contributed by atoms with E-state index in [1.165, 1.54) is 0 Å². The SMILES string of the molecule is Clc1nc(OC2COC2)c2cn[nH]c2n1. The van der Waals surface area contributed by atoms with Crippen LogP contribution in [0.1, 0.15) is 0 Å². The monoisotopic (exact) mass is 226 g/mol. The van der Waals surface area contributed by atoms with Crippen LogP contribution in [0.5, 0.6) is 5.88 Å². The molecular formula is C8H7ClN4O2. The highest BCUT2D eigenvalue weighted by Crippen LogP contribution is 2.24. The van der Waals surface area contributed by atoms with Crippen LogP contribution in [0, 0.1) is 0 Å². The molecule has 1 N–H and O–H groups in total. The summed E-state index contributed by atoms with van der Waals surface area (Å²) in [6.45, 7) is 1.17. The van der Waals surface area contributed by atoms with Crippen molar-refractivity contribution in [1.82, 2.24) is 20.2 Å². The van der Waals surface area contributed by atoms with Crippen molar-refractivity contribution >= 4 is 22.6 Å². The Labute approximate surface area is 89.6 Å². The Kier molecular flexibility index (Phi) is 1.96. The zero-order valence-corrected chi connectivity index (χ0v) is 8.36. The van der Waals surface area contributed by atoms with Gasteiger partial charge in [-0.3, -0.25) is 5.10 Å². The Morgan fingerprint density at radius 1 is 1.47 bits per heavy atom. The predicted octanol–water partition coefficient (Wildman–Crippen LogP) is 0.784. The Bertz CT molecular complexity index is 496. The molecule has 3 rings (SSSR count). The molecule has 0 aromatic carbocycles. The van der Waals surface area contributed by atoms with E-state index in [4.69, 9.17) is 21.1 Å². The molecule has 6 nitrogen and oxygen atoms in total. The Morgan fingerprint density at radius 3 is 3.07 bits per heavy atom. The zero-order chi connectivity index (χ0) is 10.3. The van der Waals surface area contributed by atoms with Gasteiger partial charge in [0.25, 0.3) is 0 Å². The molecule has 0 spiro atoms. The minimum absolute atomic E-state index is 0.0501. The Hall–Kier alpha value is -1.40. The maximum Gasteiger partial charge on any atom is 0.229 e. The lowest BCUT2D eigenvalue weighted by Crippen LogP contribution is -2.38. The summed E-state index contributed by atoms with van der Waals surface area (Å²) in [5.41, 5.74) is 0.574. The first-order valence-corrected chi connectivity index (χ1v) is 4.82. The quantitative estimate of drug-likeness (QED) is 0.767. The predicted molar refractivity (Wildman–Crippen MR) is 51.9 cm³/mol. The fraction of sp³-hybridized carbons (Fsp3) is 0.375. The van der Waals surface area contributed by atoms with Crippen molar-refractivity contribution in [1.29, 1.82) is 0 Å². The lowest BCUT2D eigenvalue weighted by Gasteiger charge is -2.26. The van der Waals surface area contributed by atoms with Gasteiger partial charge in [-0.2, -0.15) is 15.1 Å². The Morgan fingerprint density at radius 2 is 2.33 bits per heavy atom. The van der Waals surface area contributed by atoms with Crippen LogP contribution in [-0.4, -0.2) is 39.5 Å². The van der Waals surface area contributed by atoms with E-state index in [-0.39, 0.29) is 11.4 Å². The average molecular weight is 227 g/mol. The first kappa shape index (κ1) is 8.87. The molecule has 0 amide bonds. The minimum atomic E-state index is 0.0501. The van der Waals surface area contributed by atoms with Gasteiger partial charge in [-0.25, -0.2) is 0 Å². The summed E-state index contributed by atoms with van der Waals surface area (Å²) in [7, 11) is 0. The molecule has 15 heavy (non-hydrogen) atoms. The number of halogens is 1. The van der Waals surface area contributed by atoms with Crippen LogP contribution in [-0.2, 0) is 4.74 Å². The average Bonchev–Trinajstić information content (AvgIpc) is 2.58. The van der Waals surface area contributed by atoms with E-state index in [9.17, 15) is 0 Å². The summed E-state index contributed by atoms with van der Waals surface area (Å²) in [5.74, 6) is 0.451. The Balaban J connectivity index is 2.02. The molecule has 2 aromatic heterocycles. The zero-order valence-electron chi connectivity index (χ0n) is 7.61. The third-order valence-electron chi connectivity index (χ3n) is 2.13. The van der Waals surface area contributed by atoms with E-state index in [2.05, 4.69) is 20.2 Å². The summed E-state index contributed by atoms with van der Waals surface area (Å²) < 4.78 is 10.6. The minimum Gasteiger partial charge on any atom is -0.469 e. The normalized spacial score (nSPS) is 16.6. The number of nitrogens with zero attached hydrogens (tertiary/aromatic N) is 3. The van der Waals surface area contributed by atoms with Crippen LogP contribution in [0.4, 0.5) is 0 Å². The van der Waals surface area contributed by atoms with E-state index >= 15 is 0 Å². The van der Waals surface area contributed by atoms with Crippen LogP contribution in [0.3, 0.4) is 0 Å². The standard InChI is InChI=1S/C8H7ClN4O2/c9-8-11-6-5(1-10-13-6)7(12-8)15-4-2-14-3-4/h1,4H,2-3H2,(H,10,11,12,13). The van der Waals surface area contributed by atoms with Crippen molar-refractivity contribution in [3.63, 3.8) is 0 Å². The van der Waals surface area contributed by atoms with E-state index in [0.29, 0.717) is 24.7 Å². The van der Waals surface area contributed by atoms with Crippen LogP contribution in [0.25, 0.3) is 11.0 Å². The first-order chi connectivity index (χ1) is 7.33. The van der Waals surface area contributed by atoms with Crippen molar-refractivity contribution in [2.24, 2.45) is 0 Å². The molecule has 0 saturated carbocycles. The number of aromatic nitrogens is 4. The first-order valence-electron chi connectivity index (χ1n) is 4.44. The molecule has 0 bridgehead atoms.